The molecule has 2 saturated heterocycles. The molecule has 2 fully saturated rings. The molecule has 8 rings (SSSR count). The summed E-state index contributed by atoms with van der Waals surface area (Å²) in [5.41, 5.74) is 8.43. The van der Waals surface area contributed by atoms with E-state index < -0.39 is 5.92 Å². The number of fused-ring (bicyclic) bond motifs is 4. The molecule has 2 N–H and O–H groups in total. The first-order valence-electron chi connectivity index (χ1n) is 18.1. The first-order valence-corrected chi connectivity index (χ1v) is 18.1. The zero-order valence-corrected chi connectivity index (χ0v) is 28.8. The Morgan fingerprint density at radius 1 is 0.804 bits per heavy atom. The number of hydrogen-bond acceptors (Lipinski definition) is 5. The number of benzene rings is 5. The van der Waals surface area contributed by atoms with Gasteiger partial charge in [-0.3, -0.25) is 14.5 Å². The van der Waals surface area contributed by atoms with Gasteiger partial charge < -0.3 is 15.2 Å². The van der Waals surface area contributed by atoms with Crippen molar-refractivity contribution in [1.82, 2.24) is 0 Å². The van der Waals surface area contributed by atoms with Gasteiger partial charge in [0.2, 0.25) is 11.8 Å². The Hall–Kier alpha value is -5.46. The molecule has 4 atom stereocenters. The van der Waals surface area contributed by atoms with Crippen molar-refractivity contribution in [2.45, 2.75) is 45.1 Å². The van der Waals surface area contributed by atoms with Crippen LogP contribution in [0.1, 0.15) is 50.2 Å². The van der Waals surface area contributed by atoms with Crippen LogP contribution >= 0.6 is 0 Å². The normalized spacial score (nSPS) is 21.7. The molecule has 0 radical (unpaired) electrons. The first kappa shape index (κ1) is 32.7. The Morgan fingerprint density at radius 3 is 2.24 bits per heavy atom. The molecule has 6 heteroatoms. The van der Waals surface area contributed by atoms with Crippen molar-refractivity contribution < 1.29 is 19.4 Å². The molecule has 2 heterocycles. The van der Waals surface area contributed by atoms with Gasteiger partial charge in [0.05, 0.1) is 30.2 Å². The van der Waals surface area contributed by atoms with Crippen molar-refractivity contribution in [2.24, 2.45) is 17.8 Å². The molecular weight excluding hydrogens is 633 g/mol. The Labute approximate surface area is 299 Å². The highest BCUT2D eigenvalue weighted by atomic mass is 16.5. The maximum Gasteiger partial charge on any atom is 0.238 e. The molecule has 2 aliphatic heterocycles. The first-order chi connectivity index (χ1) is 25.0. The number of aromatic hydroxyl groups is 1. The molecule has 0 spiro atoms. The largest absolute Gasteiger partial charge is 0.507 e. The van der Waals surface area contributed by atoms with Crippen LogP contribution in [0.25, 0.3) is 22.4 Å². The monoisotopic (exact) mass is 674 g/mol. The molecule has 3 aliphatic rings. The van der Waals surface area contributed by atoms with Gasteiger partial charge in [-0.25, -0.2) is 0 Å². The minimum Gasteiger partial charge on any atom is -0.507 e. The number of rotatable bonds is 10. The lowest BCUT2D eigenvalue weighted by atomic mass is 9.68. The van der Waals surface area contributed by atoms with E-state index in [2.05, 4.69) is 42.6 Å². The van der Waals surface area contributed by atoms with Crippen molar-refractivity contribution in [3.63, 3.8) is 0 Å². The molecule has 1 aliphatic carbocycles. The van der Waals surface area contributed by atoms with Crippen LogP contribution in [0, 0.1) is 17.8 Å². The second-order valence-corrected chi connectivity index (χ2v) is 13.9. The van der Waals surface area contributed by atoms with Crippen LogP contribution in [0.4, 0.5) is 17.1 Å². The number of ether oxygens (including phenoxy) is 1. The van der Waals surface area contributed by atoms with Crippen molar-refractivity contribution in [2.75, 3.05) is 16.8 Å². The van der Waals surface area contributed by atoms with Crippen LogP contribution in [0.15, 0.2) is 132 Å². The van der Waals surface area contributed by atoms with E-state index in [9.17, 15) is 14.7 Å². The van der Waals surface area contributed by atoms with Gasteiger partial charge in [0.25, 0.3) is 0 Å². The summed E-state index contributed by atoms with van der Waals surface area (Å²) >= 11 is 0. The maximum absolute atomic E-state index is 14.2. The third-order valence-electron chi connectivity index (χ3n) is 10.8. The molecule has 0 unspecified atom stereocenters. The number of phenols is 1. The summed E-state index contributed by atoms with van der Waals surface area (Å²) in [5, 5.41) is 15.7. The summed E-state index contributed by atoms with van der Waals surface area (Å²) in [6, 6.07) is 39.6. The van der Waals surface area contributed by atoms with Gasteiger partial charge in [-0.15, -0.1) is 0 Å². The predicted octanol–water partition coefficient (Wildman–Crippen LogP) is 9.93. The Balaban J connectivity index is 1.05. The fraction of sp³-hybridized carbons (Fsp3) is 0.244. The van der Waals surface area contributed by atoms with E-state index in [1.165, 1.54) is 21.6 Å². The molecule has 6 nitrogen and oxygen atoms in total. The highest BCUT2D eigenvalue weighted by Crippen LogP contribution is 2.51. The third kappa shape index (κ3) is 6.25. The lowest BCUT2D eigenvalue weighted by Gasteiger charge is -2.32. The molecule has 0 bridgehead atoms. The molecule has 51 heavy (non-hydrogen) atoms. The lowest BCUT2D eigenvalue weighted by molar-refractivity contribution is -0.122. The zero-order chi connectivity index (χ0) is 34.9. The van der Waals surface area contributed by atoms with E-state index >= 15 is 0 Å². The standard InChI is InChI=1S/C45H42N2O4/c1-2-11-32-27-38-43(45(50)47(44(38)49)35-22-20-34(21-23-35)46-33-14-7-4-8-15-33)39-28-51-41(42(32)39)25-19-30(29-12-5-3-6-13-29)26-31-18-24-40(48)37-17-10-9-16-36(31)37/h3-10,12-18,20-24,26,38-39,41,43,46,48H,2,11,19,25,27-28H2,1H3/b30-26-/t38-,39+,41-,43-/m1/s1. The van der Waals surface area contributed by atoms with Crippen LogP contribution in [-0.2, 0) is 14.3 Å². The number of amides is 2. The highest BCUT2D eigenvalue weighted by molar-refractivity contribution is 6.22. The molecule has 5 aromatic carbocycles. The number of nitrogens with one attached hydrogen (secondary N) is 1. The second-order valence-electron chi connectivity index (χ2n) is 13.9. The number of para-hydroxylation sites is 1. The number of phenolic OH excluding ortho intramolecular Hbond substituents is 1. The van der Waals surface area contributed by atoms with Gasteiger partial charge in [-0.05, 0) is 95.8 Å². The predicted molar refractivity (Wildman–Crippen MR) is 205 cm³/mol. The van der Waals surface area contributed by atoms with Gasteiger partial charge in [0.15, 0.2) is 0 Å². The quantitative estimate of drug-likeness (QED) is 0.0876. The minimum absolute atomic E-state index is 0.0963. The van der Waals surface area contributed by atoms with E-state index in [4.69, 9.17) is 4.74 Å². The second kappa shape index (κ2) is 14.0. The van der Waals surface area contributed by atoms with Gasteiger partial charge in [0, 0.05) is 22.7 Å². The SMILES string of the molecule is CCCC1=C2[C@@H](CC/C(=C/c3ccc(O)c4ccccc34)c3ccccc3)OC[C@@H]2[C@@H]2C(=O)N(c3ccc(Nc4ccccc4)cc3)C(=O)[C@@H]2C1. The lowest BCUT2D eigenvalue weighted by Crippen LogP contribution is -2.34. The number of anilines is 3. The molecular formula is C45H42N2O4. The maximum atomic E-state index is 14.2. The van der Waals surface area contributed by atoms with Gasteiger partial charge >= 0.3 is 0 Å². The van der Waals surface area contributed by atoms with Gasteiger partial charge in [-0.2, -0.15) is 0 Å². The van der Waals surface area contributed by atoms with Crippen LogP contribution < -0.4 is 10.2 Å². The third-order valence-corrected chi connectivity index (χ3v) is 10.8. The molecule has 256 valence electrons. The molecule has 0 saturated carbocycles. The fourth-order valence-electron chi connectivity index (χ4n) is 8.51. The van der Waals surface area contributed by atoms with Crippen LogP contribution in [0.2, 0.25) is 0 Å². The van der Waals surface area contributed by atoms with Crippen molar-refractivity contribution in [3.05, 3.63) is 144 Å². The fourth-order valence-corrected chi connectivity index (χ4v) is 8.51. The number of hydrogen-bond donors (Lipinski definition) is 2. The summed E-state index contributed by atoms with van der Waals surface area (Å²) in [6.07, 6.45) is 6.16. The summed E-state index contributed by atoms with van der Waals surface area (Å²) in [4.78, 5) is 29.6. The van der Waals surface area contributed by atoms with Crippen LogP contribution in [0.3, 0.4) is 0 Å². The average molecular weight is 675 g/mol. The van der Waals surface area contributed by atoms with Gasteiger partial charge in [0.1, 0.15) is 5.75 Å². The number of imide groups is 1. The molecule has 5 aromatic rings. The molecule has 2 amide bonds. The smallest absolute Gasteiger partial charge is 0.238 e. The van der Waals surface area contributed by atoms with E-state index in [0.29, 0.717) is 18.7 Å². The van der Waals surface area contributed by atoms with E-state index in [1.54, 1.807) is 6.07 Å². The Kier molecular flexibility index (Phi) is 9.01. The summed E-state index contributed by atoms with van der Waals surface area (Å²) in [7, 11) is 0. The Morgan fingerprint density at radius 2 is 1.49 bits per heavy atom. The number of nitrogens with zero attached hydrogens (tertiary/aromatic N) is 1. The summed E-state index contributed by atoms with van der Waals surface area (Å²) in [5.74, 6) is -0.801. The minimum atomic E-state index is -0.410. The number of carbonyl (C=O) groups excluding carboxylic acids is 2. The zero-order valence-electron chi connectivity index (χ0n) is 28.8. The summed E-state index contributed by atoms with van der Waals surface area (Å²) < 4.78 is 6.60. The Bertz CT molecular complexity index is 2140. The van der Waals surface area contributed by atoms with E-state index in [1.807, 2.05) is 91.0 Å². The van der Waals surface area contributed by atoms with Crippen molar-refractivity contribution in [3.8, 4) is 5.75 Å². The van der Waals surface area contributed by atoms with E-state index in [0.717, 1.165) is 59.0 Å². The highest BCUT2D eigenvalue weighted by Gasteiger charge is 2.57. The summed E-state index contributed by atoms with van der Waals surface area (Å²) in [6.45, 7) is 2.63. The van der Waals surface area contributed by atoms with E-state index in [-0.39, 0.29) is 35.5 Å². The van der Waals surface area contributed by atoms with Gasteiger partial charge in [-0.1, -0.05) is 104 Å². The number of allylic oxidation sites excluding steroid dienone is 2. The van der Waals surface area contributed by atoms with Crippen molar-refractivity contribution in [1.29, 1.82) is 0 Å². The molecule has 0 aromatic heterocycles. The van der Waals surface area contributed by atoms with Crippen LogP contribution in [-0.4, -0.2) is 29.6 Å². The number of carbonyl (C=O) groups is 2. The van der Waals surface area contributed by atoms with Crippen LogP contribution in [0.5, 0.6) is 5.75 Å². The topological polar surface area (TPSA) is 78.9 Å². The van der Waals surface area contributed by atoms with Crippen molar-refractivity contribution >= 4 is 51.3 Å². The average Bonchev–Trinajstić information content (AvgIpc) is 3.70.